The van der Waals surface area contributed by atoms with Gasteiger partial charge in [0.2, 0.25) is 0 Å². The van der Waals surface area contributed by atoms with Crippen molar-refractivity contribution in [1.29, 1.82) is 0 Å². The SMILES string of the molecule is [CH2]NS(=O)(=O)N1CCC(C)(C)CC1. The van der Waals surface area contributed by atoms with Gasteiger partial charge in [0.15, 0.2) is 0 Å². The number of hydrogen-bond donors (Lipinski definition) is 1. The first-order valence-corrected chi connectivity index (χ1v) is 5.85. The second-order valence-corrected chi connectivity index (χ2v) is 5.97. The Morgan fingerprint density at radius 1 is 1.31 bits per heavy atom. The van der Waals surface area contributed by atoms with Crippen molar-refractivity contribution in [3.8, 4) is 0 Å². The molecule has 1 N–H and O–H groups in total. The molecule has 4 nitrogen and oxygen atoms in total. The molecule has 5 heteroatoms. The van der Waals surface area contributed by atoms with Gasteiger partial charge < -0.3 is 0 Å². The highest BCUT2D eigenvalue weighted by molar-refractivity contribution is 7.87. The van der Waals surface area contributed by atoms with E-state index in [0.717, 1.165) is 12.8 Å². The molecule has 0 unspecified atom stereocenters. The fraction of sp³-hybridized carbons (Fsp3) is 0.875. The van der Waals surface area contributed by atoms with E-state index in [2.05, 4.69) is 25.6 Å². The first-order valence-electron chi connectivity index (χ1n) is 4.41. The molecule has 1 aliphatic rings. The van der Waals surface area contributed by atoms with Gasteiger partial charge in [-0.25, -0.2) is 4.72 Å². The molecule has 1 heterocycles. The van der Waals surface area contributed by atoms with Crippen LogP contribution in [-0.2, 0) is 10.2 Å². The maximum atomic E-state index is 11.3. The molecule has 0 amide bonds. The lowest BCUT2D eigenvalue weighted by atomic mass is 9.83. The Hall–Kier alpha value is -0.130. The Bertz CT molecular complexity index is 262. The molecule has 1 fully saturated rings. The normalized spacial score (nSPS) is 24.5. The minimum Gasteiger partial charge on any atom is -0.201 e. The summed E-state index contributed by atoms with van der Waals surface area (Å²) in [6.45, 7) is 5.51. The summed E-state index contributed by atoms with van der Waals surface area (Å²) in [5.74, 6) is 0. The van der Waals surface area contributed by atoms with Crippen molar-refractivity contribution in [2.24, 2.45) is 5.41 Å². The lowest BCUT2D eigenvalue weighted by molar-refractivity contribution is 0.195. The fourth-order valence-electron chi connectivity index (χ4n) is 1.42. The zero-order valence-corrected chi connectivity index (χ0v) is 9.02. The Morgan fingerprint density at radius 2 is 1.77 bits per heavy atom. The van der Waals surface area contributed by atoms with Crippen LogP contribution in [-0.4, -0.2) is 25.8 Å². The summed E-state index contributed by atoms with van der Waals surface area (Å²) in [6, 6.07) is 0. The van der Waals surface area contributed by atoms with Crippen LogP contribution in [0.15, 0.2) is 0 Å². The second kappa shape index (κ2) is 3.55. The van der Waals surface area contributed by atoms with E-state index in [1.807, 2.05) is 0 Å². The van der Waals surface area contributed by atoms with Crippen LogP contribution in [0.2, 0.25) is 0 Å². The summed E-state index contributed by atoms with van der Waals surface area (Å²) in [7, 11) is -0.110. The predicted octanol–water partition coefficient (Wildman–Crippen LogP) is 0.734. The number of nitrogens with one attached hydrogen (secondary N) is 1. The van der Waals surface area contributed by atoms with Gasteiger partial charge in [-0.2, -0.15) is 12.7 Å². The molecule has 1 saturated heterocycles. The van der Waals surface area contributed by atoms with Gasteiger partial charge in [-0.1, -0.05) is 13.8 Å². The predicted molar refractivity (Wildman–Crippen MR) is 52.0 cm³/mol. The van der Waals surface area contributed by atoms with E-state index in [1.54, 1.807) is 0 Å². The van der Waals surface area contributed by atoms with E-state index in [9.17, 15) is 8.42 Å². The van der Waals surface area contributed by atoms with Crippen molar-refractivity contribution in [3.05, 3.63) is 7.05 Å². The molecule has 13 heavy (non-hydrogen) atoms. The molecule has 0 bridgehead atoms. The lowest BCUT2D eigenvalue weighted by Crippen LogP contribution is -2.44. The molecule has 0 spiro atoms. The van der Waals surface area contributed by atoms with Crippen LogP contribution in [0.4, 0.5) is 0 Å². The van der Waals surface area contributed by atoms with Crippen molar-refractivity contribution in [2.75, 3.05) is 13.1 Å². The van der Waals surface area contributed by atoms with Crippen LogP contribution in [0.3, 0.4) is 0 Å². The van der Waals surface area contributed by atoms with Gasteiger partial charge >= 0.3 is 0 Å². The standard InChI is InChI=1S/C8H17N2O2S/c1-8(2)4-6-10(7-5-8)13(11,12)9-3/h9H,3-7H2,1-2H3. The molecular weight excluding hydrogens is 188 g/mol. The van der Waals surface area contributed by atoms with Gasteiger partial charge in [-0.15, -0.1) is 0 Å². The minimum absolute atomic E-state index is 0.271. The molecule has 0 atom stereocenters. The average molecular weight is 205 g/mol. The zero-order valence-electron chi connectivity index (χ0n) is 8.21. The summed E-state index contributed by atoms with van der Waals surface area (Å²) in [4.78, 5) is 0. The third-order valence-corrected chi connectivity index (χ3v) is 4.01. The van der Waals surface area contributed by atoms with Crippen LogP contribution in [0.1, 0.15) is 26.7 Å². The Morgan fingerprint density at radius 3 is 2.15 bits per heavy atom. The van der Waals surface area contributed by atoms with Gasteiger partial charge in [-0.3, -0.25) is 0 Å². The van der Waals surface area contributed by atoms with Crippen molar-refractivity contribution >= 4 is 10.2 Å². The largest absolute Gasteiger partial charge is 0.279 e. The van der Waals surface area contributed by atoms with E-state index in [-0.39, 0.29) is 5.41 Å². The van der Waals surface area contributed by atoms with Crippen molar-refractivity contribution in [2.45, 2.75) is 26.7 Å². The van der Waals surface area contributed by atoms with Crippen LogP contribution < -0.4 is 4.72 Å². The number of rotatable bonds is 2. The van der Waals surface area contributed by atoms with E-state index in [4.69, 9.17) is 0 Å². The average Bonchev–Trinajstić information content (AvgIpc) is 2.04. The maximum Gasteiger partial charge on any atom is 0.279 e. The van der Waals surface area contributed by atoms with Crippen LogP contribution in [0, 0.1) is 12.5 Å². The summed E-state index contributed by atoms with van der Waals surface area (Å²) < 4.78 is 26.2. The molecule has 77 valence electrons. The zero-order chi connectivity index (χ0) is 10.1. The molecule has 0 aromatic heterocycles. The van der Waals surface area contributed by atoms with E-state index in [1.165, 1.54) is 4.31 Å². The Balaban J connectivity index is 2.61. The van der Waals surface area contributed by atoms with Crippen molar-refractivity contribution in [1.82, 2.24) is 9.03 Å². The highest BCUT2D eigenvalue weighted by Crippen LogP contribution is 2.30. The Kier molecular flexibility index (Phi) is 2.99. The van der Waals surface area contributed by atoms with E-state index >= 15 is 0 Å². The Labute approximate surface area is 80.5 Å². The number of piperidine rings is 1. The van der Waals surface area contributed by atoms with Gasteiger partial charge in [0, 0.05) is 20.1 Å². The van der Waals surface area contributed by atoms with Gasteiger partial charge in [0.25, 0.3) is 10.2 Å². The van der Waals surface area contributed by atoms with Gasteiger partial charge in [-0.05, 0) is 18.3 Å². The molecule has 0 aliphatic carbocycles. The maximum absolute atomic E-state index is 11.3. The molecule has 1 aliphatic heterocycles. The molecular formula is C8H17N2O2S. The van der Waals surface area contributed by atoms with E-state index in [0.29, 0.717) is 13.1 Å². The monoisotopic (exact) mass is 205 g/mol. The van der Waals surface area contributed by atoms with Gasteiger partial charge in [0.1, 0.15) is 0 Å². The van der Waals surface area contributed by atoms with Gasteiger partial charge in [0.05, 0.1) is 0 Å². The highest BCUT2D eigenvalue weighted by atomic mass is 32.2. The van der Waals surface area contributed by atoms with Crippen molar-refractivity contribution < 1.29 is 8.42 Å². The van der Waals surface area contributed by atoms with E-state index < -0.39 is 10.2 Å². The summed E-state index contributed by atoms with van der Waals surface area (Å²) in [5.41, 5.74) is 0.271. The van der Waals surface area contributed by atoms with Crippen molar-refractivity contribution in [3.63, 3.8) is 0 Å². The number of hydrogen-bond acceptors (Lipinski definition) is 2. The highest BCUT2D eigenvalue weighted by Gasteiger charge is 2.30. The summed E-state index contributed by atoms with van der Waals surface area (Å²) >= 11 is 0. The van der Waals surface area contributed by atoms with Crippen LogP contribution >= 0.6 is 0 Å². The quantitative estimate of drug-likeness (QED) is 0.722. The molecule has 1 radical (unpaired) electrons. The van der Waals surface area contributed by atoms with Crippen LogP contribution in [0.5, 0.6) is 0 Å². The third kappa shape index (κ3) is 2.65. The smallest absolute Gasteiger partial charge is 0.201 e. The first kappa shape index (κ1) is 10.9. The topological polar surface area (TPSA) is 49.4 Å². The second-order valence-electron chi connectivity index (χ2n) is 4.21. The first-order chi connectivity index (χ1) is 5.87. The molecule has 0 aromatic carbocycles. The summed E-state index contributed by atoms with van der Waals surface area (Å²) in [5, 5.41) is 0. The number of nitrogens with zero attached hydrogens (tertiary/aromatic N) is 1. The minimum atomic E-state index is -3.30. The lowest BCUT2D eigenvalue weighted by Gasteiger charge is -2.35. The fourth-order valence-corrected chi connectivity index (χ4v) is 2.27. The molecule has 0 saturated carbocycles. The third-order valence-electron chi connectivity index (χ3n) is 2.60. The summed E-state index contributed by atoms with van der Waals surface area (Å²) in [6.07, 6.45) is 1.82. The molecule has 1 rings (SSSR count). The van der Waals surface area contributed by atoms with Crippen LogP contribution in [0.25, 0.3) is 0 Å². The molecule has 0 aromatic rings.